The molecule has 33 heavy (non-hydrogen) atoms. The summed E-state index contributed by atoms with van der Waals surface area (Å²) in [6.45, 7) is -0.120. The van der Waals surface area contributed by atoms with Crippen molar-refractivity contribution in [2.45, 2.75) is 18.3 Å². The number of ether oxygens (including phenoxy) is 1. The van der Waals surface area contributed by atoms with Gasteiger partial charge in [0.25, 0.3) is 0 Å². The minimum Gasteiger partial charge on any atom is -0.394 e. The molecule has 3 aromatic rings. The standard InChI is InChI=1S/C20H14N4.C5H10O4/c1-2-14-10-16-5-6-18(23-16)12-20-8-7-19(24-20)11-17-4-3-15(22-17)9-13(1)21-14;6-1-4-5(8)3(7)2-9-4/h1-12,21,24H;3-8H,1-2H2/t;3-,4+,5-/m.0/s1. The molecule has 0 aromatic carbocycles. The molecule has 8 bridgehead atoms. The van der Waals surface area contributed by atoms with Crippen molar-refractivity contribution in [3.05, 3.63) is 71.3 Å². The Morgan fingerprint density at radius 2 is 1.12 bits per heavy atom. The van der Waals surface area contributed by atoms with E-state index in [1.54, 1.807) is 0 Å². The molecule has 0 unspecified atom stereocenters. The molecule has 8 heteroatoms. The number of nitrogens with one attached hydrogen (secondary N) is 2. The van der Waals surface area contributed by atoms with Gasteiger partial charge in [-0.1, -0.05) is 0 Å². The van der Waals surface area contributed by atoms with Crippen molar-refractivity contribution in [3.63, 3.8) is 0 Å². The van der Waals surface area contributed by atoms with E-state index in [1.165, 1.54) is 0 Å². The molecule has 3 aromatic heterocycles. The smallest absolute Gasteiger partial charge is 0.110 e. The molecule has 3 aliphatic heterocycles. The molecular weight excluding hydrogens is 420 g/mol. The summed E-state index contributed by atoms with van der Waals surface area (Å²) in [6, 6.07) is 16.4. The molecule has 0 saturated carbocycles. The zero-order valence-corrected chi connectivity index (χ0v) is 17.7. The normalized spacial score (nSPS) is 21.1. The predicted molar refractivity (Wildman–Crippen MR) is 128 cm³/mol. The topological polar surface area (TPSA) is 127 Å². The van der Waals surface area contributed by atoms with Gasteiger partial charge >= 0.3 is 0 Å². The second kappa shape index (κ2) is 9.13. The molecule has 0 radical (unpaired) electrons. The number of nitrogens with zero attached hydrogens (tertiary/aromatic N) is 2. The van der Waals surface area contributed by atoms with E-state index in [1.807, 2.05) is 48.6 Å². The molecular formula is C25H24N4O4. The minimum atomic E-state index is -0.921. The van der Waals surface area contributed by atoms with Gasteiger partial charge in [-0.2, -0.15) is 0 Å². The van der Waals surface area contributed by atoms with Gasteiger partial charge in [-0.3, -0.25) is 0 Å². The largest absolute Gasteiger partial charge is 0.394 e. The molecule has 0 spiro atoms. The van der Waals surface area contributed by atoms with E-state index in [4.69, 9.17) is 20.1 Å². The summed E-state index contributed by atoms with van der Waals surface area (Å²) < 4.78 is 4.78. The van der Waals surface area contributed by atoms with Crippen LogP contribution in [-0.2, 0) is 4.74 Å². The van der Waals surface area contributed by atoms with Crippen molar-refractivity contribution in [2.24, 2.45) is 0 Å². The minimum absolute atomic E-state index is 0.117. The van der Waals surface area contributed by atoms with Crippen LogP contribution in [0.2, 0.25) is 0 Å². The Morgan fingerprint density at radius 3 is 1.39 bits per heavy atom. The van der Waals surface area contributed by atoms with Gasteiger partial charge in [-0.25, -0.2) is 9.97 Å². The molecule has 168 valence electrons. The van der Waals surface area contributed by atoms with E-state index in [-0.39, 0.29) is 13.2 Å². The first kappa shape index (κ1) is 21.3. The number of aliphatic hydroxyl groups is 3. The first-order valence-electron chi connectivity index (χ1n) is 10.7. The fraction of sp³-hybridized carbons (Fsp3) is 0.200. The molecule has 1 fully saturated rings. The highest BCUT2D eigenvalue weighted by atomic mass is 16.5. The van der Waals surface area contributed by atoms with E-state index in [2.05, 4.69) is 44.2 Å². The van der Waals surface area contributed by atoms with Crippen molar-refractivity contribution in [3.8, 4) is 0 Å². The van der Waals surface area contributed by atoms with E-state index >= 15 is 0 Å². The van der Waals surface area contributed by atoms with Gasteiger partial charge in [0.15, 0.2) is 0 Å². The summed E-state index contributed by atoms with van der Waals surface area (Å²) in [5.41, 5.74) is 7.86. The molecule has 0 aliphatic carbocycles. The van der Waals surface area contributed by atoms with E-state index in [0.717, 1.165) is 44.8 Å². The van der Waals surface area contributed by atoms with E-state index < -0.39 is 18.3 Å². The first-order valence-corrected chi connectivity index (χ1v) is 10.7. The molecule has 5 N–H and O–H groups in total. The summed E-state index contributed by atoms with van der Waals surface area (Å²) in [6.07, 6.45) is 5.74. The number of aromatic amines is 2. The van der Waals surface area contributed by atoms with Crippen LogP contribution in [0.1, 0.15) is 22.8 Å². The van der Waals surface area contributed by atoms with Crippen molar-refractivity contribution in [1.82, 2.24) is 19.9 Å². The van der Waals surface area contributed by atoms with Crippen LogP contribution >= 0.6 is 0 Å². The summed E-state index contributed by atoms with van der Waals surface area (Å²) in [7, 11) is 0. The molecule has 3 atom stereocenters. The van der Waals surface area contributed by atoms with Crippen LogP contribution in [0, 0.1) is 0 Å². The fourth-order valence-electron chi connectivity index (χ4n) is 3.77. The van der Waals surface area contributed by atoms with Crippen LogP contribution in [0.25, 0.3) is 46.4 Å². The van der Waals surface area contributed by atoms with Crippen LogP contribution in [0.3, 0.4) is 0 Å². The fourth-order valence-corrected chi connectivity index (χ4v) is 3.77. The van der Waals surface area contributed by atoms with Crippen LogP contribution in [0.5, 0.6) is 0 Å². The van der Waals surface area contributed by atoms with Crippen molar-refractivity contribution in [1.29, 1.82) is 0 Å². The van der Waals surface area contributed by atoms with Crippen molar-refractivity contribution >= 4 is 46.4 Å². The zero-order valence-electron chi connectivity index (χ0n) is 17.7. The maximum Gasteiger partial charge on any atom is 0.110 e. The highest BCUT2D eigenvalue weighted by Crippen LogP contribution is 2.17. The SMILES string of the molecule is C1=Cc2cc3ccc(cc4nc(cc5ccc(cc1n2)[nH]5)C=C4)[nH]3.OC[C@H]1OC[C@H](O)[C@@H]1O. The van der Waals surface area contributed by atoms with E-state index in [0.29, 0.717) is 0 Å². The van der Waals surface area contributed by atoms with Crippen molar-refractivity contribution < 1.29 is 20.1 Å². The van der Waals surface area contributed by atoms with Gasteiger partial charge in [0, 0.05) is 22.1 Å². The number of aliphatic hydroxyl groups excluding tert-OH is 3. The Labute approximate surface area is 189 Å². The monoisotopic (exact) mass is 444 g/mol. The lowest BCUT2D eigenvalue weighted by Gasteiger charge is -2.10. The Bertz CT molecular complexity index is 1200. The van der Waals surface area contributed by atoms with Gasteiger partial charge in [0.05, 0.1) is 36.0 Å². The average molecular weight is 444 g/mol. The van der Waals surface area contributed by atoms with Gasteiger partial charge in [-0.15, -0.1) is 0 Å². The third-order valence-corrected chi connectivity index (χ3v) is 5.48. The lowest BCUT2D eigenvalue weighted by Crippen LogP contribution is -2.31. The average Bonchev–Trinajstić information content (AvgIpc) is 3.62. The highest BCUT2D eigenvalue weighted by molar-refractivity contribution is 5.77. The summed E-state index contributed by atoms with van der Waals surface area (Å²) in [5, 5.41) is 26.2. The molecule has 1 saturated heterocycles. The second-order valence-corrected chi connectivity index (χ2v) is 8.02. The Balaban J connectivity index is 0.000000215. The number of hydrogen-bond acceptors (Lipinski definition) is 6. The second-order valence-electron chi connectivity index (χ2n) is 8.02. The first-order chi connectivity index (χ1) is 16.1. The number of aromatic nitrogens is 4. The van der Waals surface area contributed by atoms with Gasteiger partial charge in [0.2, 0.25) is 0 Å². The van der Waals surface area contributed by atoms with Crippen LogP contribution in [-0.4, -0.2) is 66.8 Å². The highest BCUT2D eigenvalue weighted by Gasteiger charge is 2.33. The number of H-pyrrole nitrogens is 2. The molecule has 6 rings (SSSR count). The molecule has 8 nitrogen and oxygen atoms in total. The van der Waals surface area contributed by atoms with Crippen LogP contribution in [0.4, 0.5) is 0 Å². The molecule has 3 aliphatic rings. The summed E-state index contributed by atoms with van der Waals surface area (Å²) in [5.74, 6) is 0. The van der Waals surface area contributed by atoms with Gasteiger partial charge in [0.1, 0.15) is 18.3 Å². The molecule has 0 amide bonds. The third-order valence-electron chi connectivity index (χ3n) is 5.48. The lowest BCUT2D eigenvalue weighted by atomic mass is 10.2. The third kappa shape index (κ3) is 4.94. The van der Waals surface area contributed by atoms with Crippen molar-refractivity contribution in [2.75, 3.05) is 13.2 Å². The summed E-state index contributed by atoms with van der Waals surface area (Å²) in [4.78, 5) is 16.0. The maximum atomic E-state index is 8.92. The lowest BCUT2D eigenvalue weighted by molar-refractivity contribution is -0.00588. The number of hydrogen-bond donors (Lipinski definition) is 5. The van der Waals surface area contributed by atoms with E-state index in [9.17, 15) is 0 Å². The Hall–Kier alpha value is -3.56. The Kier molecular flexibility index (Phi) is 5.89. The summed E-state index contributed by atoms with van der Waals surface area (Å²) >= 11 is 0. The predicted octanol–water partition coefficient (Wildman–Crippen LogP) is 2.75. The van der Waals surface area contributed by atoms with Gasteiger partial charge < -0.3 is 30.0 Å². The van der Waals surface area contributed by atoms with Crippen LogP contribution in [0.15, 0.2) is 48.5 Å². The number of rotatable bonds is 1. The molecule has 6 heterocycles. The zero-order chi connectivity index (χ0) is 22.8. The number of fused-ring (bicyclic) bond motifs is 8. The van der Waals surface area contributed by atoms with Crippen LogP contribution < -0.4 is 0 Å². The maximum absolute atomic E-state index is 8.92. The quantitative estimate of drug-likeness (QED) is 0.271. The Morgan fingerprint density at radius 1 is 0.727 bits per heavy atom. The van der Waals surface area contributed by atoms with Gasteiger partial charge in [-0.05, 0) is 72.8 Å².